The van der Waals surface area contributed by atoms with E-state index in [-0.39, 0.29) is 12.0 Å². The number of aromatic nitrogens is 2. The van der Waals surface area contributed by atoms with Gasteiger partial charge >= 0.3 is 5.97 Å². The average molecular weight is 382 g/mol. The first-order valence-electron chi connectivity index (χ1n) is 8.73. The first-order chi connectivity index (χ1) is 13.0. The van der Waals surface area contributed by atoms with Gasteiger partial charge in [0.05, 0.1) is 18.4 Å². The standard InChI is InChI=1S/C21H23N3O2S/c1-14(22)13-17-19(15-9-5-4-6-10-15)23-24(2)20(17)27-18-12-8-7-11-16(18)21(25)26-3/h4-12,14H,13,22H2,1-3H3. The predicted octanol–water partition coefficient (Wildman–Crippen LogP) is 3.91. The van der Waals surface area contributed by atoms with Gasteiger partial charge in [-0.05, 0) is 25.5 Å². The Hall–Kier alpha value is -2.57. The lowest BCUT2D eigenvalue weighted by molar-refractivity contribution is 0.0597. The maximum atomic E-state index is 12.1. The lowest BCUT2D eigenvalue weighted by Crippen LogP contribution is -2.18. The maximum absolute atomic E-state index is 12.1. The van der Waals surface area contributed by atoms with Crippen molar-refractivity contribution in [2.75, 3.05) is 7.11 Å². The topological polar surface area (TPSA) is 70.1 Å². The molecule has 5 nitrogen and oxygen atoms in total. The van der Waals surface area contributed by atoms with Crippen LogP contribution in [-0.4, -0.2) is 28.9 Å². The quantitative estimate of drug-likeness (QED) is 0.656. The van der Waals surface area contributed by atoms with Crippen LogP contribution in [0.5, 0.6) is 0 Å². The fourth-order valence-electron chi connectivity index (χ4n) is 2.95. The number of carbonyl (C=O) groups excluding carboxylic acids is 1. The number of ether oxygens (including phenoxy) is 1. The van der Waals surface area contributed by atoms with Crippen molar-refractivity contribution in [2.45, 2.75) is 29.3 Å². The van der Waals surface area contributed by atoms with E-state index >= 15 is 0 Å². The van der Waals surface area contributed by atoms with Crippen LogP contribution in [-0.2, 0) is 18.2 Å². The Balaban J connectivity index is 2.09. The van der Waals surface area contributed by atoms with E-state index < -0.39 is 0 Å². The number of methoxy groups -OCH3 is 1. The number of nitrogens with two attached hydrogens (primary N) is 1. The van der Waals surface area contributed by atoms with Crippen LogP contribution >= 0.6 is 11.8 Å². The van der Waals surface area contributed by atoms with Crippen molar-refractivity contribution in [3.05, 3.63) is 65.7 Å². The van der Waals surface area contributed by atoms with Crippen LogP contribution < -0.4 is 5.73 Å². The zero-order valence-electron chi connectivity index (χ0n) is 15.7. The minimum Gasteiger partial charge on any atom is -0.465 e. The van der Waals surface area contributed by atoms with Gasteiger partial charge in [0.25, 0.3) is 0 Å². The summed E-state index contributed by atoms with van der Waals surface area (Å²) in [5, 5.41) is 5.72. The maximum Gasteiger partial charge on any atom is 0.339 e. The molecule has 140 valence electrons. The molecule has 3 rings (SSSR count). The van der Waals surface area contributed by atoms with E-state index in [4.69, 9.17) is 15.6 Å². The zero-order valence-corrected chi connectivity index (χ0v) is 16.5. The van der Waals surface area contributed by atoms with Crippen molar-refractivity contribution in [3.63, 3.8) is 0 Å². The van der Waals surface area contributed by atoms with Gasteiger partial charge in [0.1, 0.15) is 5.03 Å². The van der Waals surface area contributed by atoms with Crippen LogP contribution in [0.3, 0.4) is 0 Å². The molecule has 1 heterocycles. The Kier molecular flexibility index (Phi) is 5.98. The highest BCUT2D eigenvalue weighted by molar-refractivity contribution is 7.99. The van der Waals surface area contributed by atoms with Crippen LogP contribution in [0.2, 0.25) is 0 Å². The first kappa shape index (κ1) is 19.2. The Morgan fingerprint density at radius 2 is 1.85 bits per heavy atom. The molecule has 0 amide bonds. The number of hydrogen-bond donors (Lipinski definition) is 1. The number of hydrogen-bond acceptors (Lipinski definition) is 5. The van der Waals surface area contributed by atoms with Gasteiger partial charge in [-0.3, -0.25) is 4.68 Å². The Morgan fingerprint density at radius 1 is 1.19 bits per heavy atom. The van der Waals surface area contributed by atoms with E-state index in [9.17, 15) is 4.79 Å². The summed E-state index contributed by atoms with van der Waals surface area (Å²) in [4.78, 5) is 13.0. The molecule has 2 aromatic carbocycles. The fourth-order valence-corrected chi connectivity index (χ4v) is 4.04. The normalized spacial score (nSPS) is 12.0. The smallest absolute Gasteiger partial charge is 0.339 e. The van der Waals surface area contributed by atoms with Crippen molar-refractivity contribution in [1.82, 2.24) is 9.78 Å². The number of benzene rings is 2. The summed E-state index contributed by atoms with van der Waals surface area (Å²) >= 11 is 1.51. The summed E-state index contributed by atoms with van der Waals surface area (Å²) in [6, 6.07) is 17.5. The molecule has 0 saturated heterocycles. The summed E-state index contributed by atoms with van der Waals surface area (Å²) in [5.74, 6) is -0.350. The molecule has 1 atom stereocenters. The molecule has 3 aromatic rings. The molecule has 0 aliphatic heterocycles. The summed E-state index contributed by atoms with van der Waals surface area (Å²) in [6.45, 7) is 1.98. The summed E-state index contributed by atoms with van der Waals surface area (Å²) < 4.78 is 6.78. The van der Waals surface area contributed by atoms with Crippen molar-refractivity contribution < 1.29 is 9.53 Å². The number of esters is 1. The van der Waals surface area contributed by atoms with Crippen molar-refractivity contribution in [2.24, 2.45) is 12.8 Å². The van der Waals surface area contributed by atoms with Crippen molar-refractivity contribution in [3.8, 4) is 11.3 Å². The Morgan fingerprint density at radius 3 is 2.52 bits per heavy atom. The lowest BCUT2D eigenvalue weighted by atomic mass is 10.0. The Labute approximate surface area is 163 Å². The second-order valence-electron chi connectivity index (χ2n) is 6.39. The minimum absolute atomic E-state index is 0.00753. The average Bonchev–Trinajstić information content (AvgIpc) is 2.97. The van der Waals surface area contributed by atoms with Gasteiger partial charge in [-0.25, -0.2) is 4.79 Å². The number of nitrogens with zero attached hydrogens (tertiary/aromatic N) is 2. The Bertz CT molecular complexity index is 936. The molecule has 0 saturated carbocycles. The third-order valence-electron chi connectivity index (χ3n) is 4.16. The molecule has 1 unspecified atom stereocenters. The monoisotopic (exact) mass is 381 g/mol. The van der Waals surface area contributed by atoms with E-state index in [0.717, 1.165) is 26.7 Å². The van der Waals surface area contributed by atoms with Gasteiger partial charge < -0.3 is 10.5 Å². The van der Waals surface area contributed by atoms with Gasteiger partial charge in [-0.15, -0.1) is 0 Å². The molecular formula is C21H23N3O2S. The highest BCUT2D eigenvalue weighted by atomic mass is 32.2. The van der Waals surface area contributed by atoms with Crippen molar-refractivity contribution in [1.29, 1.82) is 0 Å². The first-order valence-corrected chi connectivity index (χ1v) is 9.55. The highest BCUT2D eigenvalue weighted by Crippen LogP contribution is 2.37. The van der Waals surface area contributed by atoms with Gasteiger partial charge in [0.15, 0.2) is 0 Å². The zero-order chi connectivity index (χ0) is 19.4. The van der Waals surface area contributed by atoms with E-state index in [1.807, 2.05) is 67.2 Å². The van der Waals surface area contributed by atoms with E-state index in [2.05, 4.69) is 0 Å². The highest BCUT2D eigenvalue weighted by Gasteiger charge is 2.21. The predicted molar refractivity (Wildman–Crippen MR) is 108 cm³/mol. The van der Waals surface area contributed by atoms with Crippen LogP contribution in [0.4, 0.5) is 0 Å². The molecule has 1 aromatic heterocycles. The molecule has 0 radical (unpaired) electrons. The van der Waals surface area contributed by atoms with E-state index in [1.165, 1.54) is 18.9 Å². The molecule has 0 bridgehead atoms. The van der Waals surface area contributed by atoms with Gasteiger partial charge in [0.2, 0.25) is 0 Å². The summed E-state index contributed by atoms with van der Waals surface area (Å²) in [5.41, 5.74) is 9.73. The van der Waals surface area contributed by atoms with Crippen LogP contribution in [0.25, 0.3) is 11.3 Å². The molecule has 0 aliphatic rings. The van der Waals surface area contributed by atoms with Crippen LogP contribution in [0.15, 0.2) is 64.5 Å². The molecule has 27 heavy (non-hydrogen) atoms. The van der Waals surface area contributed by atoms with Crippen LogP contribution in [0, 0.1) is 0 Å². The van der Waals surface area contributed by atoms with Gasteiger partial charge in [0, 0.05) is 29.1 Å². The third kappa shape index (κ3) is 4.23. The second-order valence-corrected chi connectivity index (χ2v) is 7.42. The van der Waals surface area contributed by atoms with E-state index in [0.29, 0.717) is 12.0 Å². The number of aryl methyl sites for hydroxylation is 1. The molecule has 0 spiro atoms. The lowest BCUT2D eigenvalue weighted by Gasteiger charge is -2.11. The summed E-state index contributed by atoms with van der Waals surface area (Å²) in [6.07, 6.45) is 0.695. The van der Waals surface area contributed by atoms with Gasteiger partial charge in [-0.2, -0.15) is 5.10 Å². The largest absolute Gasteiger partial charge is 0.465 e. The number of rotatable bonds is 6. The van der Waals surface area contributed by atoms with Gasteiger partial charge in [-0.1, -0.05) is 54.2 Å². The molecule has 0 fully saturated rings. The molecular weight excluding hydrogens is 358 g/mol. The fraction of sp³-hybridized carbons (Fsp3) is 0.238. The second kappa shape index (κ2) is 8.41. The minimum atomic E-state index is -0.350. The molecule has 2 N–H and O–H groups in total. The van der Waals surface area contributed by atoms with Crippen LogP contribution in [0.1, 0.15) is 22.8 Å². The SMILES string of the molecule is COC(=O)c1ccccc1Sc1c(CC(C)N)c(-c2ccccc2)nn1C. The van der Waals surface area contributed by atoms with E-state index in [1.54, 1.807) is 6.07 Å². The molecule has 0 aliphatic carbocycles. The molecule has 6 heteroatoms. The third-order valence-corrected chi connectivity index (χ3v) is 5.44. The number of carbonyl (C=O) groups is 1. The van der Waals surface area contributed by atoms with Crippen molar-refractivity contribution >= 4 is 17.7 Å². The summed E-state index contributed by atoms with van der Waals surface area (Å²) in [7, 11) is 3.31.